The average Bonchev–Trinajstić information content (AvgIpc) is 2.81. The highest BCUT2D eigenvalue weighted by Gasteiger charge is 2.17. The number of hydrogen-bond acceptors (Lipinski definition) is 3. The van der Waals surface area contributed by atoms with Crippen molar-refractivity contribution in [2.45, 2.75) is 26.7 Å². The Kier molecular flexibility index (Phi) is 3.82. The van der Waals surface area contributed by atoms with Gasteiger partial charge in [0.2, 0.25) is 0 Å². The number of carbonyl (C=O) groups excluding carboxylic acids is 1. The van der Waals surface area contributed by atoms with Crippen molar-refractivity contribution >= 4 is 16.8 Å². The van der Waals surface area contributed by atoms with Gasteiger partial charge in [-0.05, 0) is 31.0 Å². The van der Waals surface area contributed by atoms with Crippen LogP contribution in [-0.2, 0) is 0 Å². The van der Waals surface area contributed by atoms with Crippen LogP contribution in [0.5, 0.6) is 0 Å². The van der Waals surface area contributed by atoms with Gasteiger partial charge in [0.05, 0.1) is 0 Å². The molecule has 3 heteroatoms. The van der Waals surface area contributed by atoms with Crippen LogP contribution in [0.1, 0.15) is 35.9 Å². The molecule has 2 rings (SSSR count). The Morgan fingerprint density at radius 3 is 2.83 bits per heavy atom. The summed E-state index contributed by atoms with van der Waals surface area (Å²) in [6, 6.07) is 7.74. The normalized spacial score (nSPS) is 12.8. The van der Waals surface area contributed by atoms with Gasteiger partial charge >= 0.3 is 0 Å². The molecule has 1 unspecified atom stereocenters. The molecule has 2 aromatic rings. The minimum atomic E-state index is 0.0444. The quantitative estimate of drug-likeness (QED) is 0.822. The van der Waals surface area contributed by atoms with Gasteiger partial charge in [0.1, 0.15) is 5.58 Å². The van der Waals surface area contributed by atoms with Crippen molar-refractivity contribution in [2.75, 3.05) is 6.54 Å². The smallest absolute Gasteiger partial charge is 0.198 e. The van der Waals surface area contributed by atoms with Crippen molar-refractivity contribution in [2.24, 2.45) is 11.7 Å². The van der Waals surface area contributed by atoms with Crippen molar-refractivity contribution < 1.29 is 9.21 Å². The fourth-order valence-corrected chi connectivity index (χ4v) is 2.10. The number of hydrogen-bond donors (Lipinski definition) is 1. The lowest BCUT2D eigenvalue weighted by molar-refractivity contribution is 0.0936. The number of rotatable bonds is 5. The van der Waals surface area contributed by atoms with Crippen molar-refractivity contribution in [1.82, 2.24) is 0 Å². The summed E-state index contributed by atoms with van der Waals surface area (Å²) in [4.78, 5) is 12.1. The third kappa shape index (κ3) is 2.46. The fraction of sp³-hybridized carbons (Fsp3) is 0.400. The van der Waals surface area contributed by atoms with Gasteiger partial charge in [-0.2, -0.15) is 0 Å². The summed E-state index contributed by atoms with van der Waals surface area (Å²) >= 11 is 0. The fourth-order valence-electron chi connectivity index (χ4n) is 2.10. The number of para-hydroxylation sites is 1. The Hall–Kier alpha value is -1.61. The first kappa shape index (κ1) is 12.8. The minimum absolute atomic E-state index is 0.0444. The highest BCUT2D eigenvalue weighted by atomic mass is 16.3. The lowest BCUT2D eigenvalue weighted by Gasteiger charge is -2.08. The van der Waals surface area contributed by atoms with Gasteiger partial charge in [0, 0.05) is 11.8 Å². The number of carbonyl (C=O) groups is 1. The van der Waals surface area contributed by atoms with Crippen LogP contribution >= 0.6 is 0 Å². The highest BCUT2D eigenvalue weighted by Crippen LogP contribution is 2.24. The third-order valence-corrected chi connectivity index (χ3v) is 3.40. The van der Waals surface area contributed by atoms with Crippen LogP contribution in [0, 0.1) is 12.8 Å². The molecule has 1 aromatic heterocycles. The van der Waals surface area contributed by atoms with Crippen molar-refractivity contribution in [3.05, 3.63) is 35.6 Å². The molecule has 1 heterocycles. The number of furan rings is 1. The zero-order valence-corrected chi connectivity index (χ0v) is 10.9. The first-order valence-electron chi connectivity index (χ1n) is 6.38. The molecule has 0 bridgehead atoms. The molecular formula is C15H19NO2. The third-order valence-electron chi connectivity index (χ3n) is 3.40. The van der Waals surface area contributed by atoms with Crippen molar-refractivity contribution in [1.29, 1.82) is 0 Å². The van der Waals surface area contributed by atoms with E-state index in [1.807, 2.05) is 38.1 Å². The van der Waals surface area contributed by atoms with Crippen molar-refractivity contribution in [3.8, 4) is 0 Å². The first-order valence-corrected chi connectivity index (χ1v) is 6.38. The van der Waals surface area contributed by atoms with Gasteiger partial charge in [-0.25, -0.2) is 0 Å². The van der Waals surface area contributed by atoms with Crippen LogP contribution in [-0.4, -0.2) is 12.3 Å². The van der Waals surface area contributed by atoms with E-state index in [0.717, 1.165) is 23.0 Å². The van der Waals surface area contributed by atoms with E-state index in [2.05, 4.69) is 0 Å². The average molecular weight is 245 g/mol. The Morgan fingerprint density at radius 2 is 2.22 bits per heavy atom. The maximum Gasteiger partial charge on any atom is 0.198 e. The molecule has 0 aliphatic rings. The number of aryl methyl sites for hydroxylation is 1. The number of ketones is 1. The Morgan fingerprint density at radius 1 is 1.44 bits per heavy atom. The molecular weight excluding hydrogens is 226 g/mol. The monoisotopic (exact) mass is 245 g/mol. The molecule has 0 aliphatic carbocycles. The molecule has 96 valence electrons. The molecule has 1 atom stereocenters. The van der Waals surface area contributed by atoms with Crippen LogP contribution in [0.3, 0.4) is 0 Å². The second-order valence-corrected chi connectivity index (χ2v) is 4.74. The summed E-state index contributed by atoms with van der Waals surface area (Å²) in [5, 5.41) is 0.985. The van der Waals surface area contributed by atoms with Crippen molar-refractivity contribution in [3.63, 3.8) is 0 Å². The zero-order chi connectivity index (χ0) is 13.1. The number of nitrogens with two attached hydrogens (primary N) is 1. The van der Waals surface area contributed by atoms with E-state index in [-0.39, 0.29) is 11.7 Å². The van der Waals surface area contributed by atoms with E-state index in [1.165, 1.54) is 0 Å². The Bertz CT molecular complexity index is 553. The summed E-state index contributed by atoms with van der Waals surface area (Å²) in [5.74, 6) is 0.737. The molecule has 3 nitrogen and oxygen atoms in total. The van der Waals surface area contributed by atoms with Crippen LogP contribution in [0.2, 0.25) is 0 Å². The maximum atomic E-state index is 12.1. The van der Waals surface area contributed by atoms with Gasteiger partial charge < -0.3 is 10.2 Å². The SMILES string of the molecule is CCC(CN)CC(=O)c1cc2cccc(C)c2o1. The van der Waals surface area contributed by atoms with E-state index in [4.69, 9.17) is 10.2 Å². The van der Waals surface area contributed by atoms with E-state index in [1.54, 1.807) is 0 Å². The highest BCUT2D eigenvalue weighted by molar-refractivity contribution is 5.98. The molecule has 0 aliphatic heterocycles. The van der Waals surface area contributed by atoms with Crippen LogP contribution < -0.4 is 5.73 Å². The molecule has 0 fully saturated rings. The maximum absolute atomic E-state index is 12.1. The second-order valence-electron chi connectivity index (χ2n) is 4.74. The molecule has 2 N–H and O–H groups in total. The van der Waals surface area contributed by atoms with Gasteiger partial charge in [0.25, 0.3) is 0 Å². The summed E-state index contributed by atoms with van der Waals surface area (Å²) in [5.41, 5.74) is 7.49. The zero-order valence-electron chi connectivity index (χ0n) is 10.9. The molecule has 0 spiro atoms. The molecule has 0 saturated heterocycles. The lowest BCUT2D eigenvalue weighted by atomic mass is 9.99. The number of fused-ring (bicyclic) bond motifs is 1. The second kappa shape index (κ2) is 5.36. The number of benzene rings is 1. The van der Waals surface area contributed by atoms with E-state index in [9.17, 15) is 4.79 Å². The largest absolute Gasteiger partial charge is 0.453 e. The van der Waals surface area contributed by atoms with E-state index in [0.29, 0.717) is 18.7 Å². The summed E-state index contributed by atoms with van der Waals surface area (Å²) in [7, 11) is 0. The van der Waals surface area contributed by atoms with Gasteiger partial charge in [-0.15, -0.1) is 0 Å². The van der Waals surface area contributed by atoms with Crippen LogP contribution in [0.25, 0.3) is 11.0 Å². The first-order chi connectivity index (χ1) is 8.65. The molecule has 0 amide bonds. The summed E-state index contributed by atoms with van der Waals surface area (Å²) in [6.45, 7) is 4.57. The van der Waals surface area contributed by atoms with Crippen LogP contribution in [0.15, 0.2) is 28.7 Å². The standard InChI is InChI=1S/C15H19NO2/c1-3-11(9-16)7-13(17)14-8-12-6-4-5-10(2)15(12)18-14/h4-6,8,11H,3,7,9,16H2,1-2H3. The summed E-state index contributed by atoms with van der Waals surface area (Å²) < 4.78 is 5.66. The van der Waals surface area contributed by atoms with Gasteiger partial charge in [-0.3, -0.25) is 4.79 Å². The Labute approximate surface area is 107 Å². The summed E-state index contributed by atoms with van der Waals surface area (Å²) in [6.07, 6.45) is 1.38. The molecule has 18 heavy (non-hydrogen) atoms. The molecule has 1 aromatic carbocycles. The van der Waals surface area contributed by atoms with E-state index < -0.39 is 0 Å². The van der Waals surface area contributed by atoms with Gasteiger partial charge in [-0.1, -0.05) is 31.5 Å². The molecule has 0 radical (unpaired) electrons. The molecule has 0 saturated carbocycles. The topological polar surface area (TPSA) is 56.2 Å². The van der Waals surface area contributed by atoms with Crippen LogP contribution in [0.4, 0.5) is 0 Å². The predicted octanol–water partition coefficient (Wildman–Crippen LogP) is 3.30. The predicted molar refractivity (Wildman–Crippen MR) is 72.7 cm³/mol. The van der Waals surface area contributed by atoms with E-state index >= 15 is 0 Å². The number of Topliss-reactive ketones (excluding diaryl/α,β-unsaturated/α-hetero) is 1. The Balaban J connectivity index is 2.26. The van der Waals surface area contributed by atoms with Gasteiger partial charge in [0.15, 0.2) is 11.5 Å². The lowest BCUT2D eigenvalue weighted by Crippen LogP contribution is -2.17. The minimum Gasteiger partial charge on any atom is -0.453 e.